The van der Waals surface area contributed by atoms with E-state index >= 15 is 0 Å². The molecule has 40 heavy (non-hydrogen) atoms. The maximum Gasteiger partial charge on any atom is 0.145 e. The van der Waals surface area contributed by atoms with Crippen molar-refractivity contribution in [2.75, 3.05) is 0 Å². The van der Waals surface area contributed by atoms with E-state index in [1.54, 1.807) is 0 Å². The van der Waals surface area contributed by atoms with E-state index in [1.807, 2.05) is 0 Å². The number of hydrogen-bond acceptors (Lipinski definition) is 0. The SMILES string of the molecule is CCCCCCCc1ccc(C2CCC(CCc3cc(F)c(CCc4cc(F)c(Cl)c(F)c4)c(F)c3)CC2)cc1. The highest BCUT2D eigenvalue weighted by Crippen LogP contribution is 2.38. The highest BCUT2D eigenvalue weighted by Gasteiger charge is 2.23. The zero-order valence-corrected chi connectivity index (χ0v) is 24.3. The first-order valence-corrected chi connectivity index (χ1v) is 15.4. The van der Waals surface area contributed by atoms with Gasteiger partial charge in [-0.25, -0.2) is 17.6 Å². The Hall–Kier alpha value is -2.33. The lowest BCUT2D eigenvalue weighted by Gasteiger charge is -2.29. The summed E-state index contributed by atoms with van der Waals surface area (Å²) in [5.41, 5.74) is 3.80. The molecule has 0 unspecified atom stereocenters. The largest absolute Gasteiger partial charge is 0.207 e. The molecule has 1 fully saturated rings. The summed E-state index contributed by atoms with van der Waals surface area (Å²) >= 11 is 5.52. The van der Waals surface area contributed by atoms with E-state index in [0.717, 1.165) is 44.2 Å². The molecule has 0 saturated heterocycles. The third-order valence-electron chi connectivity index (χ3n) is 8.62. The standard InChI is InChI=1S/C35H41ClF4/c1-2-3-4-5-6-7-24-10-15-28(16-11-24)29-17-12-25(13-18-29)8-9-26-20-31(37)30(32(38)21-26)19-14-27-22-33(39)35(36)34(40)23-27/h10-11,15-16,20-23,25,29H,2-9,12-14,17-19H2,1H3. The quantitative estimate of drug-likeness (QED) is 0.108. The van der Waals surface area contributed by atoms with Gasteiger partial charge < -0.3 is 0 Å². The summed E-state index contributed by atoms with van der Waals surface area (Å²) in [6.45, 7) is 2.25. The number of hydrogen-bond donors (Lipinski definition) is 0. The lowest BCUT2D eigenvalue weighted by molar-refractivity contribution is 0.310. The van der Waals surface area contributed by atoms with Gasteiger partial charge in [-0.15, -0.1) is 0 Å². The van der Waals surface area contributed by atoms with Crippen molar-refractivity contribution in [2.45, 2.75) is 103 Å². The zero-order valence-electron chi connectivity index (χ0n) is 23.6. The Morgan fingerprint density at radius 2 is 1.20 bits per heavy atom. The Kier molecular flexibility index (Phi) is 11.5. The molecule has 216 valence electrons. The number of aryl methyl sites for hydroxylation is 3. The van der Waals surface area contributed by atoms with E-state index < -0.39 is 28.3 Å². The van der Waals surface area contributed by atoms with Gasteiger partial charge in [0.25, 0.3) is 0 Å². The molecule has 0 N–H and O–H groups in total. The van der Waals surface area contributed by atoms with Gasteiger partial charge in [0.05, 0.1) is 0 Å². The fourth-order valence-corrected chi connectivity index (χ4v) is 6.21. The summed E-state index contributed by atoms with van der Waals surface area (Å²) < 4.78 is 56.9. The molecule has 0 spiro atoms. The lowest BCUT2D eigenvalue weighted by atomic mass is 9.76. The Morgan fingerprint density at radius 3 is 1.82 bits per heavy atom. The predicted octanol–water partition coefficient (Wildman–Crippen LogP) is 11.1. The van der Waals surface area contributed by atoms with Crippen LogP contribution in [0.15, 0.2) is 48.5 Å². The first-order chi connectivity index (χ1) is 19.3. The van der Waals surface area contributed by atoms with Gasteiger partial charge in [-0.2, -0.15) is 0 Å². The van der Waals surface area contributed by atoms with Crippen LogP contribution in [0.2, 0.25) is 5.02 Å². The van der Waals surface area contributed by atoms with Gasteiger partial charge in [0.2, 0.25) is 0 Å². The molecule has 3 aromatic rings. The van der Waals surface area contributed by atoms with Gasteiger partial charge in [0.1, 0.15) is 28.3 Å². The molecule has 0 bridgehead atoms. The van der Waals surface area contributed by atoms with E-state index in [9.17, 15) is 17.6 Å². The fourth-order valence-electron chi connectivity index (χ4n) is 6.10. The first-order valence-electron chi connectivity index (χ1n) is 15.0. The monoisotopic (exact) mass is 572 g/mol. The van der Waals surface area contributed by atoms with Crippen molar-refractivity contribution >= 4 is 11.6 Å². The maximum absolute atomic E-state index is 14.8. The number of benzene rings is 3. The minimum Gasteiger partial charge on any atom is -0.207 e. The van der Waals surface area contributed by atoms with Gasteiger partial charge in [-0.3, -0.25) is 0 Å². The molecule has 0 radical (unpaired) electrons. The van der Waals surface area contributed by atoms with Gasteiger partial charge in [0.15, 0.2) is 0 Å². The van der Waals surface area contributed by atoms with Crippen LogP contribution >= 0.6 is 11.6 Å². The zero-order chi connectivity index (χ0) is 28.5. The van der Waals surface area contributed by atoms with Crippen LogP contribution in [0.25, 0.3) is 0 Å². The molecule has 0 heterocycles. The van der Waals surface area contributed by atoms with E-state index in [4.69, 9.17) is 11.6 Å². The second kappa shape index (κ2) is 15.1. The van der Waals surface area contributed by atoms with Crippen LogP contribution in [0.5, 0.6) is 0 Å². The summed E-state index contributed by atoms with van der Waals surface area (Å²) in [5.74, 6) is -1.77. The summed E-state index contributed by atoms with van der Waals surface area (Å²) in [6, 6.07) is 14.3. The Morgan fingerprint density at radius 1 is 0.625 bits per heavy atom. The molecule has 4 rings (SSSR count). The Bertz CT molecular complexity index is 1180. The maximum atomic E-state index is 14.8. The molecular formula is C35H41ClF4. The van der Waals surface area contributed by atoms with Crippen molar-refractivity contribution in [3.05, 3.63) is 105 Å². The minimum absolute atomic E-state index is 0.0163. The smallest absolute Gasteiger partial charge is 0.145 e. The third-order valence-corrected chi connectivity index (χ3v) is 8.98. The fraction of sp³-hybridized carbons (Fsp3) is 0.486. The summed E-state index contributed by atoms with van der Waals surface area (Å²) in [5, 5.41) is -0.573. The van der Waals surface area contributed by atoms with Crippen molar-refractivity contribution in [3.63, 3.8) is 0 Å². The van der Waals surface area contributed by atoms with Crippen molar-refractivity contribution in [3.8, 4) is 0 Å². The average Bonchev–Trinajstić information content (AvgIpc) is 2.95. The number of rotatable bonds is 13. The number of halogens is 5. The topological polar surface area (TPSA) is 0 Å². The second-order valence-corrected chi connectivity index (χ2v) is 12.0. The normalized spacial score (nSPS) is 17.4. The van der Waals surface area contributed by atoms with Crippen molar-refractivity contribution < 1.29 is 17.6 Å². The van der Waals surface area contributed by atoms with Crippen molar-refractivity contribution in [1.82, 2.24) is 0 Å². The minimum atomic E-state index is -0.872. The van der Waals surface area contributed by atoms with Crippen molar-refractivity contribution in [1.29, 1.82) is 0 Å². The van der Waals surface area contributed by atoms with E-state index in [2.05, 4.69) is 31.2 Å². The highest BCUT2D eigenvalue weighted by atomic mass is 35.5. The lowest BCUT2D eigenvalue weighted by Crippen LogP contribution is -2.14. The third kappa shape index (κ3) is 8.59. The molecule has 3 aromatic carbocycles. The van der Waals surface area contributed by atoms with E-state index in [-0.39, 0.29) is 18.4 Å². The molecule has 0 atom stereocenters. The van der Waals surface area contributed by atoms with E-state index in [1.165, 1.54) is 61.8 Å². The van der Waals surface area contributed by atoms with Crippen molar-refractivity contribution in [2.24, 2.45) is 5.92 Å². The summed E-state index contributed by atoms with van der Waals surface area (Å²) in [6.07, 6.45) is 14.0. The Labute approximate surface area is 242 Å². The molecule has 1 aliphatic rings. The first kappa shape index (κ1) is 30.6. The van der Waals surface area contributed by atoms with Gasteiger partial charge >= 0.3 is 0 Å². The molecule has 1 saturated carbocycles. The van der Waals surface area contributed by atoms with Crippen LogP contribution < -0.4 is 0 Å². The Balaban J connectivity index is 1.22. The van der Waals surface area contributed by atoms with Gasteiger partial charge in [-0.1, -0.05) is 68.5 Å². The predicted molar refractivity (Wildman–Crippen MR) is 157 cm³/mol. The van der Waals surface area contributed by atoms with Gasteiger partial charge in [0, 0.05) is 5.56 Å². The second-order valence-electron chi connectivity index (χ2n) is 11.6. The molecule has 1 aliphatic carbocycles. The van der Waals surface area contributed by atoms with Crippen LogP contribution in [0.1, 0.15) is 105 Å². The van der Waals surface area contributed by atoms with Crippen LogP contribution in [0, 0.1) is 29.2 Å². The van der Waals surface area contributed by atoms with Crippen LogP contribution in [-0.2, 0) is 25.7 Å². The van der Waals surface area contributed by atoms with E-state index in [0.29, 0.717) is 29.4 Å². The summed E-state index contributed by atoms with van der Waals surface area (Å²) in [7, 11) is 0. The molecular weight excluding hydrogens is 532 g/mol. The highest BCUT2D eigenvalue weighted by molar-refractivity contribution is 6.30. The molecule has 0 amide bonds. The molecule has 0 nitrogen and oxygen atoms in total. The average molecular weight is 573 g/mol. The molecule has 0 aliphatic heterocycles. The molecule has 5 heteroatoms. The van der Waals surface area contributed by atoms with Crippen LogP contribution in [-0.4, -0.2) is 0 Å². The van der Waals surface area contributed by atoms with Crippen LogP contribution in [0.3, 0.4) is 0 Å². The van der Waals surface area contributed by atoms with Gasteiger partial charge in [-0.05, 0) is 123 Å². The van der Waals surface area contributed by atoms with Crippen LogP contribution in [0.4, 0.5) is 17.6 Å². The molecule has 0 aromatic heterocycles. The summed E-state index contributed by atoms with van der Waals surface area (Å²) in [4.78, 5) is 0. The number of unbranched alkanes of at least 4 members (excludes halogenated alkanes) is 4.